The van der Waals surface area contributed by atoms with Crippen molar-refractivity contribution in [2.24, 2.45) is 4.99 Å². The number of hydrogen-bond acceptors (Lipinski definition) is 3. The number of thiophene rings is 1. The van der Waals surface area contributed by atoms with Crippen LogP contribution in [0.5, 0.6) is 0 Å². The standard InChI is InChI=1S/C13H16BrN3OS.HI/c1-15-13(16-7-6-10-3-2-8-18-10)17-9-11-4-5-12(14)19-11;/h2-5,8H,6-7,9H2,1H3,(H2,15,16,17);1H. The van der Waals surface area contributed by atoms with E-state index in [-0.39, 0.29) is 24.0 Å². The van der Waals surface area contributed by atoms with Crippen molar-refractivity contribution >= 4 is 57.2 Å². The molecule has 2 N–H and O–H groups in total. The highest BCUT2D eigenvalue weighted by Crippen LogP contribution is 2.21. The minimum absolute atomic E-state index is 0. The molecule has 0 aliphatic rings. The van der Waals surface area contributed by atoms with Crippen molar-refractivity contribution in [3.63, 3.8) is 0 Å². The van der Waals surface area contributed by atoms with Crippen LogP contribution >= 0.6 is 51.2 Å². The van der Waals surface area contributed by atoms with Gasteiger partial charge in [-0.3, -0.25) is 4.99 Å². The zero-order valence-electron chi connectivity index (χ0n) is 11.1. The maximum Gasteiger partial charge on any atom is 0.191 e. The summed E-state index contributed by atoms with van der Waals surface area (Å²) in [6.45, 7) is 1.57. The highest BCUT2D eigenvalue weighted by Gasteiger charge is 2.01. The van der Waals surface area contributed by atoms with Gasteiger partial charge < -0.3 is 15.1 Å². The number of guanidine groups is 1. The minimum Gasteiger partial charge on any atom is -0.469 e. The summed E-state index contributed by atoms with van der Waals surface area (Å²) in [5.74, 6) is 1.78. The molecule has 7 heteroatoms. The highest BCUT2D eigenvalue weighted by atomic mass is 127. The molecule has 4 nitrogen and oxygen atoms in total. The van der Waals surface area contributed by atoms with E-state index in [1.807, 2.05) is 12.1 Å². The molecule has 0 aromatic carbocycles. The lowest BCUT2D eigenvalue weighted by atomic mass is 10.3. The van der Waals surface area contributed by atoms with E-state index in [2.05, 4.69) is 43.7 Å². The number of nitrogens with zero attached hydrogens (tertiary/aromatic N) is 1. The Kier molecular flexibility index (Phi) is 8.24. The second kappa shape index (κ2) is 9.41. The molecule has 0 fully saturated rings. The van der Waals surface area contributed by atoms with Crippen LogP contribution in [0.2, 0.25) is 0 Å². The fourth-order valence-electron chi connectivity index (χ4n) is 1.60. The van der Waals surface area contributed by atoms with Gasteiger partial charge >= 0.3 is 0 Å². The van der Waals surface area contributed by atoms with Crippen LogP contribution in [-0.2, 0) is 13.0 Å². The largest absolute Gasteiger partial charge is 0.469 e. The van der Waals surface area contributed by atoms with Gasteiger partial charge in [0.1, 0.15) is 5.76 Å². The third-order valence-corrected chi connectivity index (χ3v) is 4.15. The lowest BCUT2D eigenvalue weighted by Crippen LogP contribution is -2.37. The molecular formula is C13H17BrIN3OS. The molecule has 0 unspecified atom stereocenters. The highest BCUT2D eigenvalue weighted by molar-refractivity contribution is 14.0. The summed E-state index contributed by atoms with van der Waals surface area (Å²) in [6.07, 6.45) is 2.54. The molecule has 0 spiro atoms. The van der Waals surface area contributed by atoms with Gasteiger partial charge in [0.05, 0.1) is 16.6 Å². The summed E-state index contributed by atoms with van der Waals surface area (Å²) in [7, 11) is 1.77. The van der Waals surface area contributed by atoms with Crippen LogP contribution in [0.25, 0.3) is 0 Å². The van der Waals surface area contributed by atoms with Crippen molar-refractivity contribution in [3.05, 3.63) is 45.0 Å². The van der Waals surface area contributed by atoms with Crippen molar-refractivity contribution in [2.75, 3.05) is 13.6 Å². The van der Waals surface area contributed by atoms with Gasteiger partial charge in [0.25, 0.3) is 0 Å². The van der Waals surface area contributed by atoms with Gasteiger partial charge in [-0.1, -0.05) is 0 Å². The number of aliphatic imine (C=N–C) groups is 1. The topological polar surface area (TPSA) is 49.6 Å². The summed E-state index contributed by atoms with van der Waals surface area (Å²) in [5, 5.41) is 6.53. The first kappa shape index (κ1) is 17.5. The van der Waals surface area contributed by atoms with Crippen LogP contribution in [0.1, 0.15) is 10.6 Å². The van der Waals surface area contributed by atoms with Crippen molar-refractivity contribution < 1.29 is 4.42 Å². The predicted molar refractivity (Wildman–Crippen MR) is 98.0 cm³/mol. The molecule has 20 heavy (non-hydrogen) atoms. The van der Waals surface area contributed by atoms with E-state index in [0.29, 0.717) is 0 Å². The molecular weight excluding hydrogens is 453 g/mol. The first-order chi connectivity index (χ1) is 9.28. The number of rotatable bonds is 5. The van der Waals surface area contributed by atoms with E-state index in [0.717, 1.165) is 35.0 Å². The monoisotopic (exact) mass is 469 g/mol. The third-order valence-electron chi connectivity index (χ3n) is 2.53. The zero-order valence-corrected chi connectivity index (χ0v) is 15.8. The molecule has 110 valence electrons. The number of halogens is 2. The van der Waals surface area contributed by atoms with Gasteiger partial charge in [0.15, 0.2) is 5.96 Å². The Balaban J connectivity index is 0.00000200. The summed E-state index contributed by atoms with van der Waals surface area (Å²) < 4.78 is 6.42. The van der Waals surface area contributed by atoms with Gasteiger partial charge in [-0.15, -0.1) is 35.3 Å². The van der Waals surface area contributed by atoms with E-state index < -0.39 is 0 Å². The first-order valence-corrected chi connectivity index (χ1v) is 7.60. The molecule has 0 saturated carbocycles. The lowest BCUT2D eigenvalue weighted by molar-refractivity contribution is 0.507. The molecule has 2 aromatic rings. The number of furan rings is 1. The quantitative estimate of drug-likeness (QED) is 0.399. The molecule has 0 radical (unpaired) electrons. The fraction of sp³-hybridized carbons (Fsp3) is 0.308. The molecule has 0 saturated heterocycles. The Bertz CT molecular complexity index is 527. The third kappa shape index (κ3) is 5.84. The molecule has 0 aliphatic heterocycles. The van der Waals surface area contributed by atoms with E-state index in [9.17, 15) is 0 Å². The van der Waals surface area contributed by atoms with Crippen molar-refractivity contribution in [2.45, 2.75) is 13.0 Å². The Morgan fingerprint density at radius 1 is 1.35 bits per heavy atom. The Hall–Kier alpha value is -0.540. The summed E-state index contributed by atoms with van der Waals surface area (Å²) in [4.78, 5) is 5.45. The molecule has 0 bridgehead atoms. The maximum atomic E-state index is 5.28. The summed E-state index contributed by atoms with van der Waals surface area (Å²) in [5.41, 5.74) is 0. The van der Waals surface area contributed by atoms with Crippen LogP contribution in [0.3, 0.4) is 0 Å². The lowest BCUT2D eigenvalue weighted by Gasteiger charge is -2.10. The fourth-order valence-corrected chi connectivity index (χ4v) is 3.02. The first-order valence-electron chi connectivity index (χ1n) is 5.99. The number of nitrogens with one attached hydrogen (secondary N) is 2. The number of hydrogen-bond donors (Lipinski definition) is 2. The second-order valence-corrected chi connectivity index (χ2v) is 6.44. The van der Waals surface area contributed by atoms with E-state index in [1.54, 1.807) is 24.6 Å². The van der Waals surface area contributed by atoms with E-state index in [4.69, 9.17) is 4.42 Å². The van der Waals surface area contributed by atoms with Gasteiger partial charge in [0.2, 0.25) is 0 Å². The average molecular weight is 470 g/mol. The van der Waals surface area contributed by atoms with Gasteiger partial charge in [-0.05, 0) is 40.2 Å². The van der Waals surface area contributed by atoms with Crippen molar-refractivity contribution in [1.29, 1.82) is 0 Å². The van der Waals surface area contributed by atoms with E-state index >= 15 is 0 Å². The van der Waals surface area contributed by atoms with Gasteiger partial charge in [0, 0.05) is 24.9 Å². The Morgan fingerprint density at radius 2 is 2.20 bits per heavy atom. The Morgan fingerprint density at radius 3 is 2.80 bits per heavy atom. The van der Waals surface area contributed by atoms with E-state index in [1.165, 1.54) is 4.88 Å². The molecule has 0 atom stereocenters. The molecule has 0 aliphatic carbocycles. The normalized spacial score (nSPS) is 11.0. The van der Waals surface area contributed by atoms with Crippen LogP contribution in [0.4, 0.5) is 0 Å². The average Bonchev–Trinajstić information content (AvgIpc) is 3.05. The smallest absolute Gasteiger partial charge is 0.191 e. The minimum atomic E-state index is 0. The van der Waals surface area contributed by atoms with Crippen molar-refractivity contribution in [1.82, 2.24) is 10.6 Å². The van der Waals surface area contributed by atoms with Crippen LogP contribution in [0, 0.1) is 0 Å². The Labute approximate surface area is 148 Å². The van der Waals surface area contributed by atoms with Crippen molar-refractivity contribution in [3.8, 4) is 0 Å². The van der Waals surface area contributed by atoms with Gasteiger partial charge in [-0.2, -0.15) is 0 Å². The molecule has 2 heterocycles. The molecule has 0 amide bonds. The van der Waals surface area contributed by atoms with Crippen LogP contribution in [-0.4, -0.2) is 19.6 Å². The molecule has 2 rings (SSSR count). The van der Waals surface area contributed by atoms with Crippen LogP contribution < -0.4 is 10.6 Å². The SMILES string of the molecule is CN=C(NCCc1ccco1)NCc1ccc(Br)s1.I. The summed E-state index contributed by atoms with van der Waals surface area (Å²) in [6, 6.07) is 8.02. The van der Waals surface area contributed by atoms with Crippen LogP contribution in [0.15, 0.2) is 43.7 Å². The van der Waals surface area contributed by atoms with Gasteiger partial charge in [-0.25, -0.2) is 0 Å². The zero-order chi connectivity index (χ0) is 13.5. The maximum absolute atomic E-state index is 5.28. The molecule has 2 aromatic heterocycles. The second-order valence-electron chi connectivity index (χ2n) is 3.89. The predicted octanol–water partition coefficient (Wildman–Crippen LogP) is 3.63. The summed E-state index contributed by atoms with van der Waals surface area (Å²) >= 11 is 5.17.